The minimum atomic E-state index is -0.287. The zero-order valence-electron chi connectivity index (χ0n) is 18.5. The molecule has 0 aromatic carbocycles. The number of ketones is 1. The fraction of sp³-hybridized carbons (Fsp3) is 0.952. The molecular formula is C21H43NO3. The Labute approximate surface area is 156 Å². The summed E-state index contributed by atoms with van der Waals surface area (Å²) in [7, 11) is 0. The molecule has 0 heterocycles. The van der Waals surface area contributed by atoms with Crippen molar-refractivity contribution < 1.29 is 14.3 Å². The Balaban J connectivity index is 4.10. The van der Waals surface area contributed by atoms with E-state index in [0.717, 1.165) is 19.4 Å². The Morgan fingerprint density at radius 3 is 1.72 bits per heavy atom. The molecule has 0 aliphatic heterocycles. The SMILES string of the molecule is CC(C)(C)NCCOC(C)(C)CCOC(C)(C)CCC(=O)C(C)(C)C. The zero-order valence-corrected chi connectivity index (χ0v) is 18.5. The molecule has 25 heavy (non-hydrogen) atoms. The van der Waals surface area contributed by atoms with E-state index in [1.165, 1.54) is 0 Å². The molecular weight excluding hydrogens is 314 g/mol. The summed E-state index contributed by atoms with van der Waals surface area (Å²) in [5, 5.41) is 3.43. The molecule has 0 aromatic heterocycles. The van der Waals surface area contributed by atoms with Crippen LogP contribution in [0.15, 0.2) is 0 Å². The number of hydrogen-bond acceptors (Lipinski definition) is 4. The predicted octanol–water partition coefficient (Wildman–Crippen LogP) is 4.75. The highest BCUT2D eigenvalue weighted by Crippen LogP contribution is 2.24. The second kappa shape index (κ2) is 9.48. The summed E-state index contributed by atoms with van der Waals surface area (Å²) in [5.74, 6) is 0.291. The Morgan fingerprint density at radius 2 is 1.24 bits per heavy atom. The smallest absolute Gasteiger partial charge is 0.138 e. The normalized spacial score (nSPS) is 14.0. The van der Waals surface area contributed by atoms with Crippen LogP contribution >= 0.6 is 0 Å². The number of carbonyl (C=O) groups is 1. The van der Waals surface area contributed by atoms with Gasteiger partial charge < -0.3 is 14.8 Å². The first-order valence-electron chi connectivity index (χ1n) is 9.60. The Morgan fingerprint density at radius 1 is 0.760 bits per heavy atom. The molecule has 0 aliphatic rings. The third-order valence-electron chi connectivity index (χ3n) is 4.24. The molecule has 0 amide bonds. The van der Waals surface area contributed by atoms with Crippen LogP contribution < -0.4 is 5.32 Å². The van der Waals surface area contributed by atoms with Gasteiger partial charge in [-0.25, -0.2) is 0 Å². The van der Waals surface area contributed by atoms with Gasteiger partial charge in [-0.05, 0) is 61.3 Å². The monoisotopic (exact) mass is 357 g/mol. The minimum absolute atomic E-state index is 0.116. The molecule has 0 saturated carbocycles. The van der Waals surface area contributed by atoms with E-state index < -0.39 is 0 Å². The topological polar surface area (TPSA) is 47.6 Å². The molecule has 0 radical (unpaired) electrons. The molecule has 150 valence electrons. The first-order valence-corrected chi connectivity index (χ1v) is 9.60. The van der Waals surface area contributed by atoms with E-state index >= 15 is 0 Å². The van der Waals surface area contributed by atoms with Gasteiger partial charge in [0.05, 0.1) is 24.4 Å². The highest BCUT2D eigenvalue weighted by molar-refractivity contribution is 5.83. The first-order chi connectivity index (χ1) is 11.0. The summed E-state index contributed by atoms with van der Waals surface area (Å²) in [4.78, 5) is 12.1. The van der Waals surface area contributed by atoms with Crippen LogP contribution in [0, 0.1) is 5.41 Å². The summed E-state index contributed by atoms with van der Waals surface area (Å²) in [6.07, 6.45) is 2.15. The Hall–Kier alpha value is -0.450. The van der Waals surface area contributed by atoms with Crippen LogP contribution in [0.1, 0.15) is 88.5 Å². The van der Waals surface area contributed by atoms with Crippen molar-refractivity contribution in [3.63, 3.8) is 0 Å². The van der Waals surface area contributed by atoms with Gasteiger partial charge in [-0.3, -0.25) is 4.79 Å². The molecule has 0 aromatic rings. The highest BCUT2D eigenvalue weighted by atomic mass is 16.5. The maximum atomic E-state index is 12.1. The molecule has 4 heteroatoms. The van der Waals surface area contributed by atoms with E-state index in [4.69, 9.17) is 9.47 Å². The minimum Gasteiger partial charge on any atom is -0.375 e. The van der Waals surface area contributed by atoms with Crippen LogP contribution in [0.3, 0.4) is 0 Å². The van der Waals surface area contributed by atoms with E-state index in [-0.39, 0.29) is 22.2 Å². The van der Waals surface area contributed by atoms with Gasteiger partial charge in [0.2, 0.25) is 0 Å². The van der Waals surface area contributed by atoms with Gasteiger partial charge in [-0.15, -0.1) is 0 Å². The average Bonchev–Trinajstić information content (AvgIpc) is 2.38. The Kier molecular flexibility index (Phi) is 9.30. The number of carbonyl (C=O) groups excluding carboxylic acids is 1. The maximum Gasteiger partial charge on any atom is 0.138 e. The average molecular weight is 358 g/mol. The molecule has 0 unspecified atom stereocenters. The van der Waals surface area contributed by atoms with Gasteiger partial charge in [0.1, 0.15) is 5.78 Å². The van der Waals surface area contributed by atoms with Crippen LogP contribution in [0.2, 0.25) is 0 Å². The van der Waals surface area contributed by atoms with Crippen molar-refractivity contribution >= 4 is 5.78 Å². The summed E-state index contributed by atoms with van der Waals surface area (Å²) in [6.45, 7) is 22.8. The van der Waals surface area contributed by atoms with Crippen molar-refractivity contribution in [2.24, 2.45) is 5.41 Å². The molecule has 1 N–H and O–H groups in total. The standard InChI is InChI=1S/C21H43NO3/c1-18(2,3)17(23)11-12-20(7,8)24-15-13-21(9,10)25-16-14-22-19(4,5)6/h22H,11-16H2,1-10H3. The number of ether oxygens (including phenoxy) is 2. The highest BCUT2D eigenvalue weighted by Gasteiger charge is 2.27. The fourth-order valence-electron chi connectivity index (χ4n) is 2.26. The molecule has 0 bridgehead atoms. The molecule has 0 fully saturated rings. The maximum absolute atomic E-state index is 12.1. The first kappa shape index (κ1) is 24.6. The van der Waals surface area contributed by atoms with Gasteiger partial charge in [0.15, 0.2) is 0 Å². The van der Waals surface area contributed by atoms with Crippen molar-refractivity contribution in [2.45, 2.75) is 105 Å². The van der Waals surface area contributed by atoms with E-state index in [1.807, 2.05) is 20.8 Å². The number of Topliss-reactive ketones (excluding diaryl/α,β-unsaturated/α-hetero) is 1. The van der Waals surface area contributed by atoms with Gasteiger partial charge >= 0.3 is 0 Å². The predicted molar refractivity (Wildman–Crippen MR) is 106 cm³/mol. The van der Waals surface area contributed by atoms with E-state index in [0.29, 0.717) is 25.4 Å². The van der Waals surface area contributed by atoms with Gasteiger partial charge in [0, 0.05) is 23.9 Å². The van der Waals surface area contributed by atoms with Crippen LogP contribution in [0.25, 0.3) is 0 Å². The van der Waals surface area contributed by atoms with E-state index in [9.17, 15) is 4.79 Å². The molecule has 0 aliphatic carbocycles. The van der Waals surface area contributed by atoms with Crippen molar-refractivity contribution in [3.8, 4) is 0 Å². The van der Waals surface area contributed by atoms with Crippen molar-refractivity contribution in [1.82, 2.24) is 5.32 Å². The molecule has 4 nitrogen and oxygen atoms in total. The van der Waals surface area contributed by atoms with Gasteiger partial charge in [0.25, 0.3) is 0 Å². The second-order valence-electron chi connectivity index (χ2n) is 10.3. The second-order valence-corrected chi connectivity index (χ2v) is 10.3. The summed E-state index contributed by atoms with van der Waals surface area (Å²) >= 11 is 0. The zero-order chi connectivity index (χ0) is 19.9. The lowest BCUT2D eigenvalue weighted by atomic mass is 9.86. The van der Waals surface area contributed by atoms with Crippen molar-refractivity contribution in [3.05, 3.63) is 0 Å². The quantitative estimate of drug-likeness (QED) is 0.542. The van der Waals surface area contributed by atoms with E-state index in [1.54, 1.807) is 0 Å². The molecule has 0 spiro atoms. The van der Waals surface area contributed by atoms with Crippen LogP contribution in [-0.4, -0.2) is 42.3 Å². The summed E-state index contributed by atoms with van der Waals surface area (Å²) < 4.78 is 12.0. The fourth-order valence-corrected chi connectivity index (χ4v) is 2.26. The summed E-state index contributed by atoms with van der Waals surface area (Å²) in [5.41, 5.74) is -0.653. The lowest BCUT2D eigenvalue weighted by molar-refractivity contribution is -0.128. The largest absolute Gasteiger partial charge is 0.375 e. The van der Waals surface area contributed by atoms with Crippen LogP contribution in [-0.2, 0) is 14.3 Å². The molecule has 0 atom stereocenters. The number of hydrogen-bond donors (Lipinski definition) is 1. The van der Waals surface area contributed by atoms with Gasteiger partial charge in [-0.1, -0.05) is 20.8 Å². The molecule has 0 rings (SSSR count). The number of rotatable bonds is 11. The van der Waals surface area contributed by atoms with Crippen molar-refractivity contribution in [1.29, 1.82) is 0 Å². The lowest BCUT2D eigenvalue weighted by Gasteiger charge is -2.31. The Bertz CT molecular complexity index is 400. The third kappa shape index (κ3) is 13.4. The van der Waals surface area contributed by atoms with E-state index in [2.05, 4.69) is 53.8 Å². The number of nitrogens with one attached hydrogen (secondary N) is 1. The van der Waals surface area contributed by atoms with Crippen molar-refractivity contribution in [2.75, 3.05) is 19.8 Å². The summed E-state index contributed by atoms with van der Waals surface area (Å²) in [6, 6.07) is 0. The lowest BCUT2D eigenvalue weighted by Crippen LogP contribution is -2.39. The molecule has 0 saturated heterocycles. The third-order valence-corrected chi connectivity index (χ3v) is 4.24. The van der Waals surface area contributed by atoms with Crippen LogP contribution in [0.5, 0.6) is 0 Å². The van der Waals surface area contributed by atoms with Crippen LogP contribution in [0.4, 0.5) is 0 Å². The van der Waals surface area contributed by atoms with Gasteiger partial charge in [-0.2, -0.15) is 0 Å².